The van der Waals surface area contributed by atoms with Crippen molar-refractivity contribution in [3.8, 4) is 11.4 Å². The van der Waals surface area contributed by atoms with Crippen LogP contribution in [0.2, 0.25) is 0 Å². The Morgan fingerprint density at radius 2 is 2.06 bits per heavy atom. The average molecular weight is 483 g/mol. The molecule has 8 nitrogen and oxygen atoms in total. The van der Waals surface area contributed by atoms with Gasteiger partial charge in [-0.15, -0.1) is 11.3 Å². The molecule has 0 amide bonds. The lowest BCUT2D eigenvalue weighted by molar-refractivity contribution is 0.0720. The fourth-order valence-electron chi connectivity index (χ4n) is 4.47. The molecule has 34 heavy (non-hydrogen) atoms. The lowest BCUT2D eigenvalue weighted by atomic mass is 10.1. The summed E-state index contributed by atoms with van der Waals surface area (Å²) in [6.45, 7) is 8.17. The summed E-state index contributed by atoms with van der Waals surface area (Å²) in [6, 6.07) is 6.20. The molecule has 182 valence electrons. The van der Waals surface area contributed by atoms with E-state index in [1.807, 2.05) is 45.6 Å². The molecule has 1 unspecified atom stereocenters. The minimum Gasteiger partial charge on any atom is -0.378 e. The molecular weight excluding hydrogens is 448 g/mol. The summed E-state index contributed by atoms with van der Waals surface area (Å²) in [4.78, 5) is 27.3. The van der Waals surface area contributed by atoms with Gasteiger partial charge in [0.2, 0.25) is 0 Å². The predicted octanol–water partition coefficient (Wildman–Crippen LogP) is 3.55. The van der Waals surface area contributed by atoms with E-state index < -0.39 is 0 Å². The SMILES string of the molecule is CCO[C@H]1CN(c2nccs2)CC1Nc1c(CC)nc(-c2ccc(N(C)C)cc2C)n(C)c1=O. The van der Waals surface area contributed by atoms with Crippen LogP contribution in [0.3, 0.4) is 0 Å². The van der Waals surface area contributed by atoms with Crippen molar-refractivity contribution in [1.29, 1.82) is 0 Å². The van der Waals surface area contributed by atoms with Crippen LogP contribution in [-0.4, -0.2) is 60.5 Å². The third kappa shape index (κ3) is 4.67. The molecule has 1 aliphatic rings. The third-order valence-corrected chi connectivity index (χ3v) is 7.17. The second-order valence-electron chi connectivity index (χ2n) is 8.83. The van der Waals surface area contributed by atoms with E-state index >= 15 is 0 Å². The summed E-state index contributed by atoms with van der Waals surface area (Å²) in [5.41, 5.74) is 4.44. The number of thiazole rings is 1. The first-order valence-corrected chi connectivity index (χ1v) is 12.6. The van der Waals surface area contributed by atoms with E-state index in [0.29, 0.717) is 24.5 Å². The van der Waals surface area contributed by atoms with Gasteiger partial charge < -0.3 is 19.9 Å². The van der Waals surface area contributed by atoms with Gasteiger partial charge in [-0.1, -0.05) is 6.92 Å². The fourth-order valence-corrected chi connectivity index (χ4v) is 5.14. The highest BCUT2D eigenvalue weighted by molar-refractivity contribution is 7.13. The molecular formula is C25H34N6O2S. The summed E-state index contributed by atoms with van der Waals surface area (Å²) in [6.07, 6.45) is 2.43. The van der Waals surface area contributed by atoms with Crippen LogP contribution in [0.15, 0.2) is 34.6 Å². The van der Waals surface area contributed by atoms with Gasteiger partial charge in [0, 0.05) is 63.7 Å². The number of nitrogens with one attached hydrogen (secondary N) is 1. The maximum absolute atomic E-state index is 13.6. The van der Waals surface area contributed by atoms with E-state index in [-0.39, 0.29) is 17.7 Å². The van der Waals surface area contributed by atoms with Crippen molar-refractivity contribution >= 4 is 27.8 Å². The van der Waals surface area contributed by atoms with Gasteiger partial charge in [-0.3, -0.25) is 9.36 Å². The van der Waals surface area contributed by atoms with E-state index in [0.717, 1.165) is 40.7 Å². The summed E-state index contributed by atoms with van der Waals surface area (Å²) >= 11 is 1.62. The standard InChI is InChI=1S/C25H34N6O2S/c1-7-19-22(27-20-14-31(15-21(20)33-8-2)25-26-11-12-34-25)24(32)30(6)23(28-19)18-10-9-17(29(4)5)13-16(18)3/h9-13,20-21,27H,7-8,14-15H2,1-6H3/t20?,21-/m0/s1. The molecule has 2 aromatic heterocycles. The first-order valence-electron chi connectivity index (χ1n) is 11.7. The Balaban J connectivity index is 1.68. The number of rotatable bonds is 8. The monoisotopic (exact) mass is 482 g/mol. The van der Waals surface area contributed by atoms with Crippen molar-refractivity contribution < 1.29 is 4.74 Å². The zero-order valence-electron chi connectivity index (χ0n) is 20.8. The summed E-state index contributed by atoms with van der Waals surface area (Å²) < 4.78 is 7.69. The Bertz CT molecular complexity index is 1190. The van der Waals surface area contributed by atoms with Crippen LogP contribution in [0.1, 0.15) is 25.1 Å². The molecule has 1 fully saturated rings. The summed E-state index contributed by atoms with van der Waals surface area (Å²) in [7, 11) is 5.84. The molecule has 3 aromatic rings. The van der Waals surface area contributed by atoms with Gasteiger partial charge in [0.15, 0.2) is 5.13 Å². The number of aromatic nitrogens is 3. The van der Waals surface area contributed by atoms with E-state index in [1.165, 1.54) is 0 Å². The van der Waals surface area contributed by atoms with Crippen molar-refractivity contribution in [1.82, 2.24) is 14.5 Å². The molecule has 0 aliphatic carbocycles. The lowest BCUT2D eigenvalue weighted by Gasteiger charge is -2.23. The molecule has 1 aliphatic heterocycles. The molecule has 0 saturated carbocycles. The van der Waals surface area contributed by atoms with Crippen molar-refractivity contribution in [2.24, 2.45) is 7.05 Å². The molecule has 1 saturated heterocycles. The molecule has 1 N–H and O–H groups in total. The number of nitrogens with zero attached hydrogens (tertiary/aromatic N) is 5. The van der Waals surface area contributed by atoms with E-state index in [9.17, 15) is 4.79 Å². The fraction of sp³-hybridized carbons (Fsp3) is 0.480. The van der Waals surface area contributed by atoms with Crippen LogP contribution in [0.25, 0.3) is 11.4 Å². The summed E-state index contributed by atoms with van der Waals surface area (Å²) in [5, 5.41) is 6.47. The maximum Gasteiger partial charge on any atom is 0.277 e. The summed E-state index contributed by atoms with van der Waals surface area (Å²) in [5.74, 6) is 0.687. The van der Waals surface area contributed by atoms with Crippen LogP contribution in [0, 0.1) is 6.92 Å². The molecule has 4 rings (SSSR count). The van der Waals surface area contributed by atoms with Crippen LogP contribution in [0.5, 0.6) is 0 Å². The van der Waals surface area contributed by atoms with Crippen LogP contribution >= 0.6 is 11.3 Å². The number of hydrogen-bond acceptors (Lipinski definition) is 8. The van der Waals surface area contributed by atoms with Crippen LogP contribution in [0.4, 0.5) is 16.5 Å². The molecule has 0 bridgehead atoms. The highest BCUT2D eigenvalue weighted by atomic mass is 32.1. The molecule has 2 atom stereocenters. The average Bonchev–Trinajstić information content (AvgIpc) is 3.48. The topological polar surface area (TPSA) is 75.5 Å². The molecule has 1 aromatic carbocycles. The first kappa shape index (κ1) is 24.2. The van der Waals surface area contributed by atoms with Gasteiger partial charge in [0.25, 0.3) is 5.56 Å². The van der Waals surface area contributed by atoms with Gasteiger partial charge in [0.05, 0.1) is 17.8 Å². The molecule has 9 heteroatoms. The second-order valence-corrected chi connectivity index (χ2v) is 9.71. The van der Waals surface area contributed by atoms with Gasteiger partial charge in [0.1, 0.15) is 11.5 Å². The minimum absolute atomic E-state index is 0.0318. The lowest BCUT2D eigenvalue weighted by Crippen LogP contribution is -2.38. The maximum atomic E-state index is 13.6. The highest BCUT2D eigenvalue weighted by Crippen LogP contribution is 2.28. The third-order valence-electron chi connectivity index (χ3n) is 6.33. The molecule has 3 heterocycles. The zero-order chi connectivity index (χ0) is 24.4. The minimum atomic E-state index is -0.0686. The second kappa shape index (κ2) is 10.1. The van der Waals surface area contributed by atoms with Gasteiger partial charge >= 0.3 is 0 Å². The largest absolute Gasteiger partial charge is 0.378 e. The van der Waals surface area contributed by atoms with Crippen molar-refractivity contribution in [2.45, 2.75) is 39.3 Å². The van der Waals surface area contributed by atoms with Crippen molar-refractivity contribution in [3.63, 3.8) is 0 Å². The number of benzene rings is 1. The van der Waals surface area contributed by atoms with Gasteiger partial charge in [-0.2, -0.15) is 0 Å². The Labute approximate surface area is 205 Å². The number of anilines is 3. The number of hydrogen-bond donors (Lipinski definition) is 1. The normalized spacial score (nSPS) is 17.9. The first-order chi connectivity index (χ1) is 16.3. The smallest absolute Gasteiger partial charge is 0.277 e. The van der Waals surface area contributed by atoms with Crippen LogP contribution < -0.4 is 20.7 Å². The molecule has 0 radical (unpaired) electrons. The number of ether oxygens (including phenoxy) is 1. The Morgan fingerprint density at radius 1 is 1.26 bits per heavy atom. The van der Waals surface area contributed by atoms with Crippen molar-refractivity contribution in [3.05, 3.63) is 51.4 Å². The Morgan fingerprint density at radius 3 is 2.68 bits per heavy atom. The molecule has 0 spiro atoms. The van der Waals surface area contributed by atoms with E-state index in [1.54, 1.807) is 23.0 Å². The Kier molecular flexibility index (Phi) is 7.23. The highest BCUT2D eigenvalue weighted by Gasteiger charge is 2.35. The van der Waals surface area contributed by atoms with Gasteiger partial charge in [-0.05, 0) is 44.0 Å². The van der Waals surface area contributed by atoms with Crippen molar-refractivity contribution in [2.75, 3.05) is 48.9 Å². The quantitative estimate of drug-likeness (QED) is 0.526. The van der Waals surface area contributed by atoms with Crippen LogP contribution in [-0.2, 0) is 18.2 Å². The Hall–Kier alpha value is -2.91. The van der Waals surface area contributed by atoms with Gasteiger partial charge in [-0.25, -0.2) is 9.97 Å². The number of aryl methyl sites for hydroxylation is 2. The van der Waals surface area contributed by atoms with E-state index in [4.69, 9.17) is 9.72 Å². The zero-order valence-corrected chi connectivity index (χ0v) is 21.6. The predicted molar refractivity (Wildman–Crippen MR) is 141 cm³/mol. The van der Waals surface area contributed by atoms with E-state index in [2.05, 4.69) is 39.2 Å².